The maximum atomic E-state index is 12.2. The van der Waals surface area contributed by atoms with Crippen molar-refractivity contribution in [2.45, 2.75) is 20.8 Å². The fraction of sp³-hybridized carbons (Fsp3) is 0.348. The van der Waals surface area contributed by atoms with E-state index in [0.29, 0.717) is 23.7 Å². The zero-order valence-electron chi connectivity index (χ0n) is 18.8. The molecule has 2 N–H and O–H groups in total. The van der Waals surface area contributed by atoms with Crippen molar-refractivity contribution in [1.82, 2.24) is 10.9 Å². The molecule has 0 radical (unpaired) electrons. The van der Waals surface area contributed by atoms with E-state index in [4.69, 9.17) is 14.2 Å². The van der Waals surface area contributed by atoms with Crippen molar-refractivity contribution in [3.63, 3.8) is 0 Å². The lowest BCUT2D eigenvalue weighted by Crippen LogP contribution is -2.43. The summed E-state index contributed by atoms with van der Waals surface area (Å²) in [6.45, 7) is 7.48. The van der Waals surface area contributed by atoms with Gasteiger partial charge >= 0.3 is 5.97 Å². The Bertz CT molecular complexity index is 926. The summed E-state index contributed by atoms with van der Waals surface area (Å²) in [4.78, 5) is 38.5. The Balaban J connectivity index is 1.84. The van der Waals surface area contributed by atoms with Crippen LogP contribution in [0.15, 0.2) is 42.5 Å². The SMILES string of the molecule is CCOc1cc(C(=O)OCC(=O)NNC(=O)c2ccc(N(CC)CC)cc2)ccc1OC. The summed E-state index contributed by atoms with van der Waals surface area (Å²) >= 11 is 0. The number of nitrogens with zero attached hydrogens (tertiary/aromatic N) is 1. The first kappa shape index (κ1) is 24.5. The van der Waals surface area contributed by atoms with Crippen LogP contribution in [-0.4, -0.2) is 51.2 Å². The number of hydrazine groups is 1. The van der Waals surface area contributed by atoms with Crippen LogP contribution in [-0.2, 0) is 9.53 Å². The molecule has 0 aliphatic carbocycles. The highest BCUT2D eigenvalue weighted by molar-refractivity contribution is 5.96. The maximum Gasteiger partial charge on any atom is 0.338 e. The summed E-state index contributed by atoms with van der Waals surface area (Å²) in [7, 11) is 1.49. The molecule has 0 unspecified atom stereocenters. The molecule has 0 fully saturated rings. The molecule has 0 aliphatic rings. The van der Waals surface area contributed by atoms with Gasteiger partial charge in [0.2, 0.25) is 0 Å². The molecule has 172 valence electrons. The summed E-state index contributed by atoms with van der Waals surface area (Å²) < 4.78 is 15.6. The molecule has 9 heteroatoms. The van der Waals surface area contributed by atoms with Crippen LogP contribution in [0.1, 0.15) is 41.5 Å². The molecule has 2 amide bonds. The molecular weight excluding hydrogens is 414 g/mol. The second kappa shape index (κ2) is 12.2. The molecule has 0 bridgehead atoms. The lowest BCUT2D eigenvalue weighted by molar-refractivity contribution is -0.125. The van der Waals surface area contributed by atoms with E-state index >= 15 is 0 Å². The van der Waals surface area contributed by atoms with E-state index in [1.807, 2.05) is 19.1 Å². The van der Waals surface area contributed by atoms with Gasteiger partial charge in [0.1, 0.15) is 0 Å². The van der Waals surface area contributed by atoms with E-state index in [-0.39, 0.29) is 5.56 Å². The van der Waals surface area contributed by atoms with Gasteiger partial charge in [-0.2, -0.15) is 0 Å². The van der Waals surface area contributed by atoms with Crippen LogP contribution in [0.5, 0.6) is 11.5 Å². The van der Waals surface area contributed by atoms with Crippen LogP contribution < -0.4 is 25.2 Å². The number of amides is 2. The first-order valence-corrected chi connectivity index (χ1v) is 10.4. The summed E-state index contributed by atoms with van der Waals surface area (Å²) in [5.74, 6) is -0.985. The van der Waals surface area contributed by atoms with Crippen molar-refractivity contribution in [3.05, 3.63) is 53.6 Å². The predicted octanol–water partition coefficient (Wildman–Crippen LogP) is 2.56. The Morgan fingerprint density at radius 2 is 1.53 bits per heavy atom. The van der Waals surface area contributed by atoms with Crippen LogP contribution in [0.25, 0.3) is 0 Å². The van der Waals surface area contributed by atoms with Gasteiger partial charge in [-0.05, 0) is 63.2 Å². The molecule has 0 spiro atoms. The quantitative estimate of drug-likeness (QED) is 0.429. The Morgan fingerprint density at radius 1 is 0.875 bits per heavy atom. The number of anilines is 1. The average molecular weight is 444 g/mol. The lowest BCUT2D eigenvalue weighted by atomic mass is 10.2. The number of nitrogens with one attached hydrogen (secondary N) is 2. The van der Waals surface area contributed by atoms with E-state index in [0.717, 1.165) is 18.8 Å². The molecule has 32 heavy (non-hydrogen) atoms. The Morgan fingerprint density at radius 3 is 2.12 bits per heavy atom. The number of benzene rings is 2. The molecule has 0 heterocycles. The lowest BCUT2D eigenvalue weighted by Gasteiger charge is -2.21. The standard InChI is InChI=1S/C23H29N3O6/c1-5-26(6-2)18-11-8-16(9-12-18)22(28)25-24-21(27)15-32-23(29)17-10-13-19(30-4)20(14-17)31-7-3/h8-14H,5-7,15H2,1-4H3,(H,24,27)(H,25,28). The molecule has 0 aromatic heterocycles. The molecule has 0 saturated heterocycles. The third kappa shape index (κ3) is 6.63. The van der Waals surface area contributed by atoms with Crippen molar-refractivity contribution in [2.24, 2.45) is 0 Å². The van der Waals surface area contributed by atoms with Gasteiger partial charge in [0.25, 0.3) is 11.8 Å². The third-order valence-corrected chi connectivity index (χ3v) is 4.61. The van der Waals surface area contributed by atoms with Gasteiger partial charge < -0.3 is 19.1 Å². The van der Waals surface area contributed by atoms with Gasteiger partial charge in [0.05, 0.1) is 19.3 Å². The van der Waals surface area contributed by atoms with E-state index in [1.54, 1.807) is 18.2 Å². The molecule has 2 aromatic rings. The molecule has 0 atom stereocenters. The Hall–Kier alpha value is -3.75. The molecule has 9 nitrogen and oxygen atoms in total. The van der Waals surface area contributed by atoms with E-state index < -0.39 is 24.4 Å². The van der Waals surface area contributed by atoms with Crippen molar-refractivity contribution >= 4 is 23.5 Å². The van der Waals surface area contributed by atoms with Crippen LogP contribution in [0.4, 0.5) is 5.69 Å². The van der Waals surface area contributed by atoms with Gasteiger partial charge in [-0.15, -0.1) is 0 Å². The minimum atomic E-state index is -0.706. The van der Waals surface area contributed by atoms with Crippen molar-refractivity contribution in [2.75, 3.05) is 38.3 Å². The van der Waals surface area contributed by atoms with Crippen LogP contribution in [0.3, 0.4) is 0 Å². The zero-order chi connectivity index (χ0) is 23.5. The monoisotopic (exact) mass is 443 g/mol. The fourth-order valence-corrected chi connectivity index (χ4v) is 2.93. The zero-order valence-corrected chi connectivity index (χ0v) is 18.8. The Kier molecular flexibility index (Phi) is 9.34. The number of ether oxygens (including phenoxy) is 3. The number of carbonyl (C=O) groups is 3. The number of carbonyl (C=O) groups excluding carboxylic acids is 3. The summed E-state index contributed by atoms with van der Waals surface area (Å²) in [5, 5.41) is 0. The number of hydrogen-bond acceptors (Lipinski definition) is 7. The Labute approximate surface area is 187 Å². The van der Waals surface area contributed by atoms with E-state index in [9.17, 15) is 14.4 Å². The molecule has 2 rings (SSSR count). The molecule has 0 saturated carbocycles. The normalized spacial score (nSPS) is 10.1. The third-order valence-electron chi connectivity index (χ3n) is 4.61. The maximum absolute atomic E-state index is 12.2. The first-order chi connectivity index (χ1) is 15.4. The minimum Gasteiger partial charge on any atom is -0.493 e. The van der Waals surface area contributed by atoms with Crippen LogP contribution in [0.2, 0.25) is 0 Å². The van der Waals surface area contributed by atoms with Crippen molar-refractivity contribution in [3.8, 4) is 11.5 Å². The predicted molar refractivity (Wildman–Crippen MR) is 120 cm³/mol. The summed E-state index contributed by atoms with van der Waals surface area (Å²) in [5.41, 5.74) is 6.13. The number of hydrogen-bond donors (Lipinski definition) is 2. The van der Waals surface area contributed by atoms with Gasteiger partial charge in [-0.25, -0.2) is 4.79 Å². The van der Waals surface area contributed by atoms with Crippen LogP contribution >= 0.6 is 0 Å². The summed E-state index contributed by atoms with van der Waals surface area (Å²) in [6, 6.07) is 11.6. The first-order valence-electron chi connectivity index (χ1n) is 10.4. The highest BCUT2D eigenvalue weighted by atomic mass is 16.5. The van der Waals surface area contributed by atoms with Crippen molar-refractivity contribution < 1.29 is 28.6 Å². The van der Waals surface area contributed by atoms with Crippen LogP contribution in [0, 0.1) is 0 Å². The molecule has 0 aliphatic heterocycles. The molecular formula is C23H29N3O6. The number of rotatable bonds is 10. The van der Waals surface area contributed by atoms with Gasteiger partial charge in [-0.3, -0.25) is 20.4 Å². The second-order valence-electron chi connectivity index (χ2n) is 6.60. The van der Waals surface area contributed by atoms with Gasteiger partial charge in [0, 0.05) is 24.3 Å². The van der Waals surface area contributed by atoms with Gasteiger partial charge in [-0.1, -0.05) is 0 Å². The average Bonchev–Trinajstić information content (AvgIpc) is 2.82. The topological polar surface area (TPSA) is 106 Å². The highest BCUT2D eigenvalue weighted by Crippen LogP contribution is 2.28. The largest absolute Gasteiger partial charge is 0.493 e. The highest BCUT2D eigenvalue weighted by Gasteiger charge is 2.15. The van der Waals surface area contributed by atoms with Gasteiger partial charge in [0.15, 0.2) is 18.1 Å². The molecule has 2 aromatic carbocycles. The van der Waals surface area contributed by atoms with E-state index in [2.05, 4.69) is 29.6 Å². The van der Waals surface area contributed by atoms with Crippen molar-refractivity contribution in [1.29, 1.82) is 0 Å². The smallest absolute Gasteiger partial charge is 0.338 e. The number of methoxy groups -OCH3 is 1. The van der Waals surface area contributed by atoms with E-state index in [1.165, 1.54) is 19.2 Å². The summed E-state index contributed by atoms with van der Waals surface area (Å²) in [6.07, 6.45) is 0. The minimum absolute atomic E-state index is 0.208. The number of esters is 1. The fourth-order valence-electron chi connectivity index (χ4n) is 2.93. The second-order valence-corrected chi connectivity index (χ2v) is 6.60.